The molecule has 0 spiro atoms. The van der Waals surface area contributed by atoms with Gasteiger partial charge in [-0.3, -0.25) is 9.10 Å². The summed E-state index contributed by atoms with van der Waals surface area (Å²) in [4.78, 5) is 11.5. The zero-order valence-electron chi connectivity index (χ0n) is 10.7. The third-order valence-electron chi connectivity index (χ3n) is 2.36. The first-order chi connectivity index (χ1) is 8.36. The van der Waals surface area contributed by atoms with Crippen LogP contribution < -0.4 is 4.31 Å². The summed E-state index contributed by atoms with van der Waals surface area (Å²) >= 11 is 0. The monoisotopic (exact) mass is 271 g/mol. The highest BCUT2D eigenvalue weighted by Gasteiger charge is 2.22. The molecule has 0 saturated heterocycles. The summed E-state index contributed by atoms with van der Waals surface area (Å²) in [6.07, 6.45) is 1.07. The number of aryl methyl sites for hydroxylation is 1. The van der Waals surface area contributed by atoms with Gasteiger partial charge in [0.1, 0.15) is 6.54 Å². The minimum atomic E-state index is -3.52. The maximum absolute atomic E-state index is 11.7. The smallest absolute Gasteiger partial charge is 0.326 e. The van der Waals surface area contributed by atoms with Crippen LogP contribution in [0.1, 0.15) is 12.5 Å². The number of rotatable bonds is 5. The summed E-state index contributed by atoms with van der Waals surface area (Å²) in [6, 6.07) is 6.99. The second kappa shape index (κ2) is 5.86. The Labute approximate surface area is 107 Å². The normalized spacial score (nSPS) is 11.1. The minimum Gasteiger partial charge on any atom is -0.465 e. The molecule has 0 radical (unpaired) electrons. The van der Waals surface area contributed by atoms with Crippen LogP contribution >= 0.6 is 0 Å². The molecule has 1 aromatic rings. The summed E-state index contributed by atoms with van der Waals surface area (Å²) in [5.74, 6) is -0.564. The Morgan fingerprint density at radius 1 is 1.33 bits per heavy atom. The third kappa shape index (κ3) is 3.73. The van der Waals surface area contributed by atoms with Crippen molar-refractivity contribution in [1.29, 1.82) is 0 Å². The van der Waals surface area contributed by atoms with E-state index in [9.17, 15) is 13.2 Å². The SMILES string of the molecule is CCOC(=O)CN(c1ccccc1C)S(C)(=O)=O. The van der Waals surface area contributed by atoms with E-state index < -0.39 is 16.0 Å². The number of hydrogen-bond donors (Lipinski definition) is 0. The Morgan fingerprint density at radius 2 is 1.94 bits per heavy atom. The fourth-order valence-corrected chi connectivity index (χ4v) is 2.45. The van der Waals surface area contributed by atoms with Crippen LogP contribution in [0.15, 0.2) is 24.3 Å². The van der Waals surface area contributed by atoms with Crippen molar-refractivity contribution in [3.05, 3.63) is 29.8 Å². The number of ether oxygens (including phenoxy) is 1. The molecule has 5 nitrogen and oxygen atoms in total. The maximum Gasteiger partial charge on any atom is 0.326 e. The van der Waals surface area contributed by atoms with Gasteiger partial charge in [-0.15, -0.1) is 0 Å². The van der Waals surface area contributed by atoms with E-state index in [1.807, 2.05) is 6.07 Å². The molecular formula is C12H17NO4S. The standard InChI is InChI=1S/C12H17NO4S/c1-4-17-12(14)9-13(18(3,15)16)11-8-6-5-7-10(11)2/h5-8H,4,9H2,1-3H3. The van der Waals surface area contributed by atoms with Crippen LogP contribution in [0.4, 0.5) is 5.69 Å². The Balaban J connectivity index is 3.08. The van der Waals surface area contributed by atoms with Gasteiger partial charge < -0.3 is 4.74 Å². The lowest BCUT2D eigenvalue weighted by Gasteiger charge is -2.22. The topological polar surface area (TPSA) is 63.7 Å². The highest BCUT2D eigenvalue weighted by atomic mass is 32.2. The van der Waals surface area contributed by atoms with E-state index in [0.29, 0.717) is 5.69 Å². The zero-order valence-corrected chi connectivity index (χ0v) is 11.5. The number of sulfonamides is 1. The molecular weight excluding hydrogens is 254 g/mol. The second-order valence-electron chi connectivity index (χ2n) is 3.86. The van der Waals surface area contributed by atoms with Gasteiger partial charge in [-0.1, -0.05) is 18.2 Å². The summed E-state index contributed by atoms with van der Waals surface area (Å²) in [7, 11) is -3.52. The number of esters is 1. The largest absolute Gasteiger partial charge is 0.465 e. The van der Waals surface area contributed by atoms with Crippen LogP contribution in [0.25, 0.3) is 0 Å². The number of nitrogens with zero attached hydrogens (tertiary/aromatic N) is 1. The summed E-state index contributed by atoms with van der Waals surface area (Å²) in [5, 5.41) is 0. The number of anilines is 1. The lowest BCUT2D eigenvalue weighted by atomic mass is 10.2. The zero-order chi connectivity index (χ0) is 13.8. The van der Waals surface area contributed by atoms with Crippen LogP contribution in [0.5, 0.6) is 0 Å². The number of hydrogen-bond acceptors (Lipinski definition) is 4. The summed E-state index contributed by atoms with van der Waals surface area (Å²) in [5.41, 5.74) is 1.28. The molecule has 18 heavy (non-hydrogen) atoms. The van der Waals surface area contributed by atoms with Crippen molar-refractivity contribution < 1.29 is 17.9 Å². The molecule has 0 amide bonds. The molecule has 1 aromatic carbocycles. The van der Waals surface area contributed by atoms with Crippen molar-refractivity contribution >= 4 is 21.7 Å². The van der Waals surface area contributed by atoms with Gasteiger partial charge >= 0.3 is 5.97 Å². The molecule has 0 bridgehead atoms. The van der Waals surface area contributed by atoms with E-state index in [0.717, 1.165) is 16.1 Å². The third-order valence-corrected chi connectivity index (χ3v) is 3.49. The Bertz CT molecular complexity index is 525. The molecule has 0 saturated carbocycles. The van der Waals surface area contributed by atoms with Gasteiger partial charge in [-0.05, 0) is 25.5 Å². The first-order valence-electron chi connectivity index (χ1n) is 5.55. The van der Waals surface area contributed by atoms with Crippen molar-refractivity contribution in [2.24, 2.45) is 0 Å². The number of carbonyl (C=O) groups excluding carboxylic acids is 1. The van der Waals surface area contributed by atoms with Gasteiger partial charge in [0.25, 0.3) is 0 Å². The molecule has 0 aromatic heterocycles. The Kier molecular flexibility index (Phi) is 4.72. The van der Waals surface area contributed by atoms with E-state index in [4.69, 9.17) is 4.74 Å². The van der Waals surface area contributed by atoms with Crippen molar-refractivity contribution in [3.63, 3.8) is 0 Å². The fraction of sp³-hybridized carbons (Fsp3) is 0.417. The predicted molar refractivity (Wildman–Crippen MR) is 70.0 cm³/mol. The van der Waals surface area contributed by atoms with Crippen molar-refractivity contribution in [1.82, 2.24) is 0 Å². The molecule has 0 heterocycles. The lowest BCUT2D eigenvalue weighted by Crippen LogP contribution is -2.36. The molecule has 0 aliphatic carbocycles. The van der Waals surface area contributed by atoms with Gasteiger partial charge in [0.15, 0.2) is 0 Å². The number of para-hydroxylation sites is 1. The molecule has 100 valence electrons. The van der Waals surface area contributed by atoms with Crippen LogP contribution in [-0.4, -0.2) is 33.8 Å². The van der Waals surface area contributed by atoms with E-state index in [-0.39, 0.29) is 13.2 Å². The molecule has 0 fully saturated rings. The summed E-state index contributed by atoms with van der Waals surface area (Å²) in [6.45, 7) is 3.39. The first-order valence-corrected chi connectivity index (χ1v) is 7.40. The lowest BCUT2D eigenvalue weighted by molar-refractivity contribution is -0.141. The van der Waals surface area contributed by atoms with Crippen molar-refractivity contribution in [2.45, 2.75) is 13.8 Å². The highest BCUT2D eigenvalue weighted by molar-refractivity contribution is 7.92. The van der Waals surface area contributed by atoms with Crippen molar-refractivity contribution in [2.75, 3.05) is 23.7 Å². The van der Waals surface area contributed by atoms with Crippen LogP contribution in [0.3, 0.4) is 0 Å². The molecule has 0 N–H and O–H groups in total. The van der Waals surface area contributed by atoms with Gasteiger partial charge in [0.2, 0.25) is 10.0 Å². The Morgan fingerprint density at radius 3 is 2.44 bits per heavy atom. The number of benzene rings is 1. The van der Waals surface area contributed by atoms with Gasteiger partial charge in [0, 0.05) is 0 Å². The van der Waals surface area contributed by atoms with Crippen LogP contribution in [-0.2, 0) is 19.6 Å². The molecule has 6 heteroatoms. The predicted octanol–water partition coefficient (Wildman–Crippen LogP) is 1.32. The quantitative estimate of drug-likeness (QED) is 0.758. The average molecular weight is 271 g/mol. The van der Waals surface area contributed by atoms with E-state index >= 15 is 0 Å². The van der Waals surface area contributed by atoms with Crippen molar-refractivity contribution in [3.8, 4) is 0 Å². The van der Waals surface area contributed by atoms with Gasteiger partial charge in [-0.2, -0.15) is 0 Å². The maximum atomic E-state index is 11.7. The first kappa shape index (κ1) is 14.5. The van der Waals surface area contributed by atoms with Crippen LogP contribution in [0, 0.1) is 6.92 Å². The molecule has 0 aliphatic rings. The second-order valence-corrected chi connectivity index (χ2v) is 5.77. The van der Waals surface area contributed by atoms with Gasteiger partial charge in [-0.25, -0.2) is 8.42 Å². The average Bonchev–Trinajstić information content (AvgIpc) is 2.26. The highest BCUT2D eigenvalue weighted by Crippen LogP contribution is 2.21. The number of carbonyl (C=O) groups is 1. The van der Waals surface area contributed by atoms with E-state index in [2.05, 4.69) is 0 Å². The van der Waals surface area contributed by atoms with E-state index in [1.54, 1.807) is 32.0 Å². The Hall–Kier alpha value is -1.56. The molecule has 0 unspecified atom stereocenters. The fourth-order valence-electron chi connectivity index (χ4n) is 1.55. The molecule has 1 rings (SSSR count). The van der Waals surface area contributed by atoms with E-state index in [1.165, 1.54) is 0 Å². The minimum absolute atomic E-state index is 0.226. The van der Waals surface area contributed by atoms with Crippen LogP contribution in [0.2, 0.25) is 0 Å². The molecule has 0 aliphatic heterocycles. The summed E-state index contributed by atoms with van der Waals surface area (Å²) < 4.78 is 29.3. The van der Waals surface area contributed by atoms with Gasteiger partial charge in [0.05, 0.1) is 18.6 Å². The molecule has 0 atom stereocenters.